The number of hydrogen-bond donors (Lipinski definition) is 1. The molecule has 0 saturated carbocycles. The molecule has 6 heteroatoms. The fourth-order valence-electron chi connectivity index (χ4n) is 2.32. The third kappa shape index (κ3) is 4.05. The van der Waals surface area contributed by atoms with Crippen LogP contribution in [0.1, 0.15) is 19.5 Å². The second kappa shape index (κ2) is 6.85. The van der Waals surface area contributed by atoms with Crippen LogP contribution in [0.4, 0.5) is 5.95 Å². The molecule has 0 bridgehead atoms. The Hall–Kier alpha value is -1.40. The van der Waals surface area contributed by atoms with E-state index in [1.165, 1.54) is 0 Å². The summed E-state index contributed by atoms with van der Waals surface area (Å²) < 4.78 is 5.68. The van der Waals surface area contributed by atoms with Crippen LogP contribution >= 0.6 is 0 Å². The van der Waals surface area contributed by atoms with E-state index < -0.39 is 0 Å². The molecule has 2 heterocycles. The molecule has 6 nitrogen and oxygen atoms in total. The molecule has 1 saturated heterocycles. The second-order valence-corrected chi connectivity index (χ2v) is 5.43. The van der Waals surface area contributed by atoms with Crippen LogP contribution in [0.3, 0.4) is 0 Å². The van der Waals surface area contributed by atoms with E-state index in [-0.39, 0.29) is 6.10 Å². The molecule has 1 aliphatic rings. The van der Waals surface area contributed by atoms with E-state index >= 15 is 0 Å². The van der Waals surface area contributed by atoms with Gasteiger partial charge in [0, 0.05) is 51.0 Å². The summed E-state index contributed by atoms with van der Waals surface area (Å²) in [4.78, 5) is 13.6. The maximum absolute atomic E-state index is 5.68. The molecule has 1 aromatic heterocycles. The number of nitrogens with two attached hydrogens (primary N) is 1. The summed E-state index contributed by atoms with van der Waals surface area (Å²) in [6, 6.07) is 1.88. The van der Waals surface area contributed by atoms with Crippen molar-refractivity contribution >= 4 is 5.95 Å². The van der Waals surface area contributed by atoms with Gasteiger partial charge >= 0.3 is 0 Å². The van der Waals surface area contributed by atoms with Gasteiger partial charge in [-0.05, 0) is 20.8 Å². The lowest BCUT2D eigenvalue weighted by molar-refractivity contribution is 0.231. The van der Waals surface area contributed by atoms with E-state index in [9.17, 15) is 0 Å². The number of piperazine rings is 1. The fourth-order valence-corrected chi connectivity index (χ4v) is 2.32. The molecular formula is C14H25N5O. The first-order valence-electron chi connectivity index (χ1n) is 7.28. The Kier molecular flexibility index (Phi) is 5.14. The molecule has 112 valence electrons. The Bertz CT molecular complexity index is 430. The number of aryl methyl sites for hydroxylation is 1. The predicted octanol–water partition coefficient (Wildman–Crippen LogP) is 0.653. The van der Waals surface area contributed by atoms with Crippen molar-refractivity contribution < 1.29 is 4.74 Å². The van der Waals surface area contributed by atoms with E-state index in [0.29, 0.717) is 12.4 Å². The molecule has 1 aromatic rings. The average Bonchev–Trinajstić information content (AvgIpc) is 2.38. The summed E-state index contributed by atoms with van der Waals surface area (Å²) in [5.74, 6) is 1.43. The molecule has 0 amide bonds. The first-order chi connectivity index (χ1) is 9.58. The van der Waals surface area contributed by atoms with Crippen LogP contribution in [0.2, 0.25) is 0 Å². The van der Waals surface area contributed by atoms with Gasteiger partial charge in [0.15, 0.2) is 0 Å². The average molecular weight is 279 g/mol. The SMILES string of the molecule is Cc1cc(OC(C)C)nc(N2CCN(CCN)CC2)n1. The number of nitrogens with zero attached hydrogens (tertiary/aromatic N) is 4. The lowest BCUT2D eigenvalue weighted by Crippen LogP contribution is -2.48. The summed E-state index contributed by atoms with van der Waals surface area (Å²) in [5.41, 5.74) is 6.53. The van der Waals surface area contributed by atoms with Gasteiger partial charge in [-0.3, -0.25) is 4.90 Å². The standard InChI is InChI=1S/C14H25N5O/c1-11(2)20-13-10-12(3)16-14(17-13)19-8-6-18(5-4-15)7-9-19/h10-11H,4-9,15H2,1-3H3. The lowest BCUT2D eigenvalue weighted by Gasteiger charge is -2.34. The summed E-state index contributed by atoms with van der Waals surface area (Å²) in [6.07, 6.45) is 0.124. The number of aromatic nitrogens is 2. The Balaban J connectivity index is 2.03. The Labute approximate surface area is 120 Å². The van der Waals surface area contributed by atoms with Crippen molar-refractivity contribution in [2.24, 2.45) is 5.73 Å². The van der Waals surface area contributed by atoms with Gasteiger partial charge in [-0.2, -0.15) is 4.98 Å². The van der Waals surface area contributed by atoms with Gasteiger partial charge in [0.25, 0.3) is 0 Å². The first kappa shape index (κ1) is 15.0. The van der Waals surface area contributed by atoms with E-state index in [1.807, 2.05) is 26.8 Å². The minimum Gasteiger partial charge on any atom is -0.475 e. The van der Waals surface area contributed by atoms with Gasteiger partial charge < -0.3 is 15.4 Å². The highest BCUT2D eigenvalue weighted by Crippen LogP contribution is 2.17. The van der Waals surface area contributed by atoms with Crippen molar-refractivity contribution in [1.29, 1.82) is 0 Å². The summed E-state index contributed by atoms with van der Waals surface area (Å²) in [5, 5.41) is 0. The molecular weight excluding hydrogens is 254 g/mol. The normalized spacial score (nSPS) is 16.8. The van der Waals surface area contributed by atoms with Crippen LogP contribution < -0.4 is 15.4 Å². The molecule has 2 N–H and O–H groups in total. The van der Waals surface area contributed by atoms with E-state index in [0.717, 1.165) is 44.4 Å². The van der Waals surface area contributed by atoms with Crippen molar-refractivity contribution in [2.75, 3.05) is 44.2 Å². The van der Waals surface area contributed by atoms with Crippen molar-refractivity contribution in [3.63, 3.8) is 0 Å². The molecule has 0 atom stereocenters. The number of rotatable bonds is 5. The summed E-state index contributed by atoms with van der Waals surface area (Å²) in [6.45, 7) is 11.5. The van der Waals surface area contributed by atoms with Crippen molar-refractivity contribution in [1.82, 2.24) is 14.9 Å². The lowest BCUT2D eigenvalue weighted by atomic mass is 10.3. The van der Waals surface area contributed by atoms with E-state index in [2.05, 4.69) is 19.8 Å². The molecule has 2 rings (SSSR count). The minimum absolute atomic E-state index is 0.124. The molecule has 1 aliphatic heterocycles. The minimum atomic E-state index is 0.124. The van der Waals surface area contributed by atoms with Crippen LogP contribution in [0, 0.1) is 6.92 Å². The third-order valence-corrected chi connectivity index (χ3v) is 3.28. The quantitative estimate of drug-likeness (QED) is 0.854. The van der Waals surface area contributed by atoms with Crippen LogP contribution in [-0.2, 0) is 0 Å². The highest BCUT2D eigenvalue weighted by molar-refractivity contribution is 5.35. The summed E-state index contributed by atoms with van der Waals surface area (Å²) in [7, 11) is 0. The van der Waals surface area contributed by atoms with Crippen molar-refractivity contribution in [3.8, 4) is 5.88 Å². The summed E-state index contributed by atoms with van der Waals surface area (Å²) >= 11 is 0. The van der Waals surface area contributed by atoms with E-state index in [1.54, 1.807) is 0 Å². The van der Waals surface area contributed by atoms with Crippen LogP contribution in [0.5, 0.6) is 5.88 Å². The van der Waals surface area contributed by atoms with Crippen LogP contribution in [-0.4, -0.2) is 60.2 Å². The van der Waals surface area contributed by atoms with Crippen molar-refractivity contribution in [3.05, 3.63) is 11.8 Å². The van der Waals surface area contributed by atoms with Crippen LogP contribution in [0.25, 0.3) is 0 Å². The van der Waals surface area contributed by atoms with Crippen LogP contribution in [0.15, 0.2) is 6.07 Å². The maximum Gasteiger partial charge on any atom is 0.228 e. The highest BCUT2D eigenvalue weighted by atomic mass is 16.5. The zero-order valence-corrected chi connectivity index (χ0v) is 12.7. The molecule has 0 radical (unpaired) electrons. The van der Waals surface area contributed by atoms with E-state index in [4.69, 9.17) is 10.5 Å². The Morgan fingerprint density at radius 3 is 2.55 bits per heavy atom. The molecule has 0 aliphatic carbocycles. The van der Waals surface area contributed by atoms with Gasteiger partial charge in [-0.25, -0.2) is 4.98 Å². The second-order valence-electron chi connectivity index (χ2n) is 5.43. The Morgan fingerprint density at radius 1 is 1.25 bits per heavy atom. The highest BCUT2D eigenvalue weighted by Gasteiger charge is 2.19. The zero-order chi connectivity index (χ0) is 14.5. The smallest absolute Gasteiger partial charge is 0.228 e. The molecule has 1 fully saturated rings. The van der Waals surface area contributed by atoms with Gasteiger partial charge in [0.1, 0.15) is 0 Å². The number of hydrogen-bond acceptors (Lipinski definition) is 6. The van der Waals surface area contributed by atoms with Gasteiger partial charge in [-0.15, -0.1) is 0 Å². The largest absolute Gasteiger partial charge is 0.475 e. The topological polar surface area (TPSA) is 67.5 Å². The maximum atomic E-state index is 5.68. The fraction of sp³-hybridized carbons (Fsp3) is 0.714. The monoisotopic (exact) mass is 279 g/mol. The van der Waals surface area contributed by atoms with Gasteiger partial charge in [-0.1, -0.05) is 0 Å². The molecule has 0 unspecified atom stereocenters. The van der Waals surface area contributed by atoms with Crippen molar-refractivity contribution in [2.45, 2.75) is 26.9 Å². The first-order valence-corrected chi connectivity index (χ1v) is 7.28. The third-order valence-electron chi connectivity index (χ3n) is 3.28. The van der Waals surface area contributed by atoms with Gasteiger partial charge in [0.2, 0.25) is 11.8 Å². The molecule has 0 spiro atoms. The number of ether oxygens (including phenoxy) is 1. The predicted molar refractivity (Wildman–Crippen MR) is 80.2 cm³/mol. The molecule has 20 heavy (non-hydrogen) atoms. The number of anilines is 1. The Morgan fingerprint density at radius 2 is 1.95 bits per heavy atom. The zero-order valence-electron chi connectivity index (χ0n) is 12.7. The molecule has 0 aromatic carbocycles. The van der Waals surface area contributed by atoms with Gasteiger partial charge in [0.05, 0.1) is 6.10 Å².